The highest BCUT2D eigenvalue weighted by Gasteiger charge is 2.40. The first kappa shape index (κ1) is 35.9. The summed E-state index contributed by atoms with van der Waals surface area (Å²) in [5.74, 6) is -0.0248. The monoisotopic (exact) mass is 621 g/mol. The lowest BCUT2D eigenvalue weighted by Crippen LogP contribution is -2.57. The van der Waals surface area contributed by atoms with Crippen LogP contribution in [0.15, 0.2) is 42.5 Å². The van der Waals surface area contributed by atoms with E-state index in [1.807, 2.05) is 39.0 Å². The first-order chi connectivity index (χ1) is 21.2. The second-order valence-electron chi connectivity index (χ2n) is 14.2. The van der Waals surface area contributed by atoms with Crippen molar-refractivity contribution >= 4 is 17.9 Å². The third kappa shape index (κ3) is 10.8. The molecule has 1 aliphatic carbocycles. The molecule has 2 aromatic rings. The molecule has 3 rings (SSSR count). The van der Waals surface area contributed by atoms with Crippen LogP contribution in [0.25, 0.3) is 0 Å². The quantitative estimate of drug-likeness (QED) is 0.231. The second-order valence-corrected chi connectivity index (χ2v) is 14.2. The third-order valence-electron chi connectivity index (χ3n) is 8.68. The molecule has 3 N–H and O–H groups in total. The number of aryl methyl sites for hydroxylation is 1. The molecule has 0 aliphatic heterocycles. The number of benzene rings is 2. The lowest BCUT2D eigenvalue weighted by Gasteiger charge is -2.40. The van der Waals surface area contributed by atoms with Crippen LogP contribution in [0.5, 0.6) is 5.75 Å². The maximum Gasteiger partial charge on any atom is 0.408 e. The van der Waals surface area contributed by atoms with Crippen LogP contribution in [-0.2, 0) is 20.7 Å². The van der Waals surface area contributed by atoms with E-state index < -0.39 is 23.8 Å². The Morgan fingerprint density at radius 3 is 2.20 bits per heavy atom. The molecule has 0 aromatic heterocycles. The number of carbonyl (C=O) groups is 3. The van der Waals surface area contributed by atoms with Gasteiger partial charge in [-0.1, -0.05) is 63.4 Å². The Morgan fingerprint density at radius 2 is 1.60 bits per heavy atom. The van der Waals surface area contributed by atoms with Crippen molar-refractivity contribution in [2.24, 2.45) is 5.92 Å². The minimum Gasteiger partial charge on any atom is -0.508 e. The van der Waals surface area contributed by atoms with Gasteiger partial charge >= 0.3 is 6.09 Å². The predicted molar refractivity (Wildman–Crippen MR) is 179 cm³/mol. The molecule has 0 bridgehead atoms. The van der Waals surface area contributed by atoms with Crippen molar-refractivity contribution in [3.63, 3.8) is 0 Å². The summed E-state index contributed by atoms with van der Waals surface area (Å²) >= 11 is 0. The highest BCUT2D eigenvalue weighted by molar-refractivity contribution is 5.93. The van der Waals surface area contributed by atoms with Crippen molar-refractivity contribution in [3.05, 3.63) is 64.7 Å². The number of carbonyl (C=O) groups excluding carboxylic acids is 3. The van der Waals surface area contributed by atoms with Crippen LogP contribution in [-0.4, -0.2) is 51.6 Å². The summed E-state index contributed by atoms with van der Waals surface area (Å²) < 4.78 is 5.58. The minimum absolute atomic E-state index is 0.0643. The van der Waals surface area contributed by atoms with Crippen molar-refractivity contribution in [3.8, 4) is 5.75 Å². The number of alkyl carbamates (subject to hydrolysis) is 1. The summed E-state index contributed by atoms with van der Waals surface area (Å²) in [6, 6.07) is 10.3. The molecule has 3 atom stereocenters. The third-order valence-corrected chi connectivity index (χ3v) is 8.68. The number of phenolic OH excluding ortho intramolecular Hbond substituents is 1. The van der Waals surface area contributed by atoms with E-state index in [1.165, 1.54) is 6.42 Å². The first-order valence-electron chi connectivity index (χ1n) is 16.6. The number of hydrogen-bond acceptors (Lipinski definition) is 5. The normalized spacial score (nSPS) is 16.0. The molecular weight excluding hydrogens is 566 g/mol. The maximum absolute atomic E-state index is 14.9. The molecule has 3 amide bonds. The fourth-order valence-corrected chi connectivity index (χ4v) is 6.02. The molecule has 0 heterocycles. The summed E-state index contributed by atoms with van der Waals surface area (Å²) in [7, 11) is 0. The zero-order valence-electron chi connectivity index (χ0n) is 28.6. The van der Waals surface area contributed by atoms with Gasteiger partial charge in [-0.05, 0) is 108 Å². The number of amides is 3. The lowest BCUT2D eigenvalue weighted by atomic mass is 9.91. The molecule has 1 aliphatic rings. The van der Waals surface area contributed by atoms with E-state index in [0.29, 0.717) is 12.3 Å². The number of ether oxygens (including phenoxy) is 1. The molecule has 1 fully saturated rings. The minimum atomic E-state index is -1.01. The highest BCUT2D eigenvalue weighted by Crippen LogP contribution is 2.32. The number of rotatable bonds is 12. The fourth-order valence-electron chi connectivity index (χ4n) is 6.02. The average molecular weight is 622 g/mol. The van der Waals surface area contributed by atoms with Crippen LogP contribution in [0.3, 0.4) is 0 Å². The Kier molecular flexibility index (Phi) is 12.9. The van der Waals surface area contributed by atoms with Gasteiger partial charge in [-0.2, -0.15) is 0 Å². The molecule has 1 saturated carbocycles. The molecule has 0 radical (unpaired) electrons. The number of aromatic hydroxyl groups is 1. The summed E-state index contributed by atoms with van der Waals surface area (Å²) in [6.07, 6.45) is 6.18. The first-order valence-corrected chi connectivity index (χ1v) is 16.6. The van der Waals surface area contributed by atoms with Crippen molar-refractivity contribution < 1.29 is 24.2 Å². The van der Waals surface area contributed by atoms with Crippen molar-refractivity contribution in [1.29, 1.82) is 0 Å². The smallest absolute Gasteiger partial charge is 0.408 e. The van der Waals surface area contributed by atoms with E-state index in [9.17, 15) is 19.5 Å². The van der Waals surface area contributed by atoms with Crippen molar-refractivity contribution in [1.82, 2.24) is 15.5 Å². The fraction of sp³-hybridized carbons (Fsp3) is 0.595. The zero-order chi connectivity index (χ0) is 33.3. The van der Waals surface area contributed by atoms with Crippen LogP contribution < -0.4 is 10.6 Å². The van der Waals surface area contributed by atoms with E-state index in [0.717, 1.165) is 54.4 Å². The van der Waals surface area contributed by atoms with Crippen molar-refractivity contribution in [2.75, 3.05) is 0 Å². The molecular formula is C37H55N3O5. The van der Waals surface area contributed by atoms with Gasteiger partial charge < -0.3 is 25.4 Å². The Labute approximate surface area is 270 Å². The van der Waals surface area contributed by atoms with Gasteiger partial charge in [0.15, 0.2) is 0 Å². The Balaban J connectivity index is 2.13. The number of nitrogens with zero attached hydrogens (tertiary/aromatic N) is 1. The average Bonchev–Trinajstić information content (AvgIpc) is 2.96. The second kappa shape index (κ2) is 16.1. The van der Waals surface area contributed by atoms with E-state index in [4.69, 9.17) is 4.74 Å². The van der Waals surface area contributed by atoms with Gasteiger partial charge in [0.25, 0.3) is 0 Å². The van der Waals surface area contributed by atoms with Crippen LogP contribution in [0.2, 0.25) is 0 Å². The topological polar surface area (TPSA) is 108 Å². The molecule has 3 unspecified atom stereocenters. The summed E-state index contributed by atoms with van der Waals surface area (Å²) in [6.45, 7) is 15.6. The van der Waals surface area contributed by atoms with Crippen molar-refractivity contribution in [2.45, 2.75) is 137 Å². The SMILES string of the molecule is Cc1cccc(C(C(=O)NC2CCCCC2)N(C(=O)C(Cc2ccc(O)cc2)NC(=O)OC(C)(C)C)C(C)CCC(C)C)c1C. The molecule has 8 nitrogen and oxygen atoms in total. The molecule has 8 heteroatoms. The molecule has 0 spiro atoms. The molecule has 2 aromatic carbocycles. The zero-order valence-corrected chi connectivity index (χ0v) is 28.6. The molecule has 248 valence electrons. The maximum atomic E-state index is 14.9. The summed E-state index contributed by atoms with van der Waals surface area (Å²) in [5.41, 5.74) is 2.78. The van der Waals surface area contributed by atoms with Gasteiger partial charge in [0.05, 0.1) is 0 Å². The molecule has 45 heavy (non-hydrogen) atoms. The lowest BCUT2D eigenvalue weighted by molar-refractivity contribution is -0.145. The van der Waals surface area contributed by atoms with Gasteiger partial charge in [-0.25, -0.2) is 4.79 Å². The largest absolute Gasteiger partial charge is 0.508 e. The van der Waals surface area contributed by atoms with E-state index in [1.54, 1.807) is 49.9 Å². The van der Waals surface area contributed by atoms with Gasteiger partial charge in [-0.15, -0.1) is 0 Å². The Hall–Kier alpha value is -3.55. The predicted octanol–water partition coefficient (Wildman–Crippen LogP) is 7.29. The van der Waals surface area contributed by atoms with E-state index >= 15 is 0 Å². The summed E-state index contributed by atoms with van der Waals surface area (Å²) in [4.78, 5) is 44.2. The number of nitrogens with one attached hydrogen (secondary N) is 2. The van der Waals surface area contributed by atoms with Gasteiger partial charge in [0.2, 0.25) is 11.8 Å². The van der Waals surface area contributed by atoms with Gasteiger partial charge in [0, 0.05) is 18.5 Å². The summed E-state index contributed by atoms with van der Waals surface area (Å²) in [5, 5.41) is 16.0. The Bertz CT molecular complexity index is 1280. The Morgan fingerprint density at radius 1 is 0.956 bits per heavy atom. The van der Waals surface area contributed by atoms with Gasteiger partial charge in [0.1, 0.15) is 23.4 Å². The molecule has 0 saturated heterocycles. The van der Waals surface area contributed by atoms with Crippen LogP contribution in [0.4, 0.5) is 4.79 Å². The van der Waals surface area contributed by atoms with Crippen LogP contribution in [0, 0.1) is 19.8 Å². The van der Waals surface area contributed by atoms with Crippen LogP contribution in [0.1, 0.15) is 115 Å². The van der Waals surface area contributed by atoms with E-state index in [2.05, 4.69) is 24.5 Å². The van der Waals surface area contributed by atoms with E-state index in [-0.39, 0.29) is 36.1 Å². The van der Waals surface area contributed by atoms with Gasteiger partial charge in [-0.3, -0.25) is 9.59 Å². The number of hydrogen-bond donors (Lipinski definition) is 3. The van der Waals surface area contributed by atoms with Crippen LogP contribution >= 0.6 is 0 Å². The highest BCUT2D eigenvalue weighted by atomic mass is 16.6. The number of phenols is 1. The standard InChI is InChI=1S/C37H55N3O5/c1-24(2)17-18-26(4)40(33(31-16-12-13-25(3)27(31)5)34(42)38-29-14-10-9-11-15-29)35(43)32(39-36(44)45-37(6,7)8)23-28-19-21-30(41)22-20-28/h12-13,16,19-22,24,26,29,32-33,41H,9-11,14-15,17-18,23H2,1-8H3,(H,38,42)(H,39,44).